The largest absolute Gasteiger partial charge is 0.340 e. The molecule has 1 atom stereocenters. The van der Waals surface area contributed by atoms with Crippen molar-refractivity contribution in [3.63, 3.8) is 0 Å². The Morgan fingerprint density at radius 1 is 1.44 bits per heavy atom. The lowest BCUT2D eigenvalue weighted by molar-refractivity contribution is -0.131. The first-order valence-corrected chi connectivity index (χ1v) is 5.07. The summed E-state index contributed by atoms with van der Waals surface area (Å²) in [7, 11) is 1.78. The molecule has 0 bridgehead atoms. The number of hydrogen-bond acceptors (Lipinski definition) is 2. The third-order valence-corrected chi connectivity index (χ3v) is 2.43. The van der Waals surface area contributed by atoms with Crippen LogP contribution in [0.5, 0.6) is 0 Å². The van der Waals surface area contributed by atoms with Crippen LogP contribution in [0.15, 0.2) is 24.3 Å². The van der Waals surface area contributed by atoms with E-state index in [1.54, 1.807) is 18.9 Å². The summed E-state index contributed by atoms with van der Waals surface area (Å²) in [6, 6.07) is 7.61. The third-order valence-electron chi connectivity index (χ3n) is 2.43. The summed E-state index contributed by atoms with van der Waals surface area (Å²) in [5, 5.41) is 0. The van der Waals surface area contributed by atoms with Crippen LogP contribution in [-0.2, 0) is 11.3 Å². The van der Waals surface area contributed by atoms with Gasteiger partial charge in [0.1, 0.15) is 0 Å². The molecule has 0 saturated carbocycles. The molecule has 0 spiro atoms. The normalized spacial score (nSPS) is 11.5. The predicted molar refractivity (Wildman–Crippen MR) is 68.6 cm³/mol. The Morgan fingerprint density at radius 2 is 2.00 bits per heavy atom. The zero-order valence-electron chi connectivity index (χ0n) is 9.93. The van der Waals surface area contributed by atoms with Crippen LogP contribution >= 0.6 is 12.4 Å². The van der Waals surface area contributed by atoms with E-state index >= 15 is 0 Å². The summed E-state index contributed by atoms with van der Waals surface area (Å²) in [4.78, 5) is 13.2. The van der Waals surface area contributed by atoms with Crippen molar-refractivity contribution in [1.29, 1.82) is 0 Å². The summed E-state index contributed by atoms with van der Waals surface area (Å²) in [5.74, 6) is -0.0294. The van der Waals surface area contributed by atoms with Gasteiger partial charge >= 0.3 is 0 Å². The van der Waals surface area contributed by atoms with E-state index in [9.17, 15) is 4.79 Å². The number of nitrogens with two attached hydrogens (primary N) is 1. The molecular formula is C12H19ClN2O. The van der Waals surface area contributed by atoms with Gasteiger partial charge in [-0.15, -0.1) is 12.4 Å². The maximum absolute atomic E-state index is 11.6. The van der Waals surface area contributed by atoms with Crippen LogP contribution < -0.4 is 5.73 Å². The topological polar surface area (TPSA) is 46.3 Å². The summed E-state index contributed by atoms with van der Waals surface area (Å²) in [6.07, 6.45) is 0. The van der Waals surface area contributed by atoms with E-state index in [4.69, 9.17) is 5.73 Å². The Kier molecular flexibility index (Phi) is 6.08. The van der Waals surface area contributed by atoms with Crippen molar-refractivity contribution in [2.45, 2.75) is 26.4 Å². The van der Waals surface area contributed by atoms with Gasteiger partial charge in [0.2, 0.25) is 5.91 Å². The Labute approximate surface area is 103 Å². The molecular weight excluding hydrogens is 224 g/mol. The molecule has 1 aromatic rings. The number of carbonyl (C=O) groups excluding carboxylic acids is 1. The maximum atomic E-state index is 11.6. The number of rotatable bonds is 3. The van der Waals surface area contributed by atoms with Crippen LogP contribution in [0.4, 0.5) is 0 Å². The number of aryl methyl sites for hydroxylation is 1. The minimum absolute atomic E-state index is 0. The molecule has 1 rings (SSSR count). The fraction of sp³-hybridized carbons (Fsp3) is 0.417. The summed E-state index contributed by atoms with van der Waals surface area (Å²) < 4.78 is 0. The number of hydrogen-bond donors (Lipinski definition) is 1. The van der Waals surface area contributed by atoms with Crippen molar-refractivity contribution in [3.05, 3.63) is 35.4 Å². The zero-order valence-corrected chi connectivity index (χ0v) is 10.8. The van der Waals surface area contributed by atoms with Crippen LogP contribution in [-0.4, -0.2) is 23.9 Å². The van der Waals surface area contributed by atoms with Gasteiger partial charge in [0.05, 0.1) is 6.04 Å². The molecule has 0 saturated heterocycles. The fourth-order valence-electron chi connectivity index (χ4n) is 1.47. The lowest BCUT2D eigenvalue weighted by atomic mass is 10.1. The molecule has 90 valence electrons. The molecule has 1 aromatic carbocycles. The second-order valence-corrected chi connectivity index (χ2v) is 3.91. The number of carbonyl (C=O) groups is 1. The average molecular weight is 243 g/mol. The number of likely N-dealkylation sites (N-methyl/N-ethyl adjacent to an activating group) is 1. The van der Waals surface area contributed by atoms with Crippen LogP contribution in [0.3, 0.4) is 0 Å². The van der Waals surface area contributed by atoms with Gasteiger partial charge < -0.3 is 10.6 Å². The molecule has 4 heteroatoms. The monoisotopic (exact) mass is 242 g/mol. The minimum atomic E-state index is -0.431. The quantitative estimate of drug-likeness (QED) is 0.878. The Hall–Kier alpha value is -1.06. The predicted octanol–water partition coefficient (Wildman–Crippen LogP) is 1.72. The molecule has 0 aliphatic carbocycles. The van der Waals surface area contributed by atoms with E-state index in [-0.39, 0.29) is 18.3 Å². The molecule has 0 heterocycles. The van der Waals surface area contributed by atoms with Crippen molar-refractivity contribution in [1.82, 2.24) is 4.90 Å². The second-order valence-electron chi connectivity index (χ2n) is 3.91. The van der Waals surface area contributed by atoms with Gasteiger partial charge in [-0.3, -0.25) is 4.79 Å². The smallest absolute Gasteiger partial charge is 0.239 e. The first kappa shape index (κ1) is 14.9. The highest BCUT2D eigenvalue weighted by Gasteiger charge is 2.13. The molecule has 0 aliphatic heterocycles. The maximum Gasteiger partial charge on any atom is 0.239 e. The van der Waals surface area contributed by atoms with Crippen molar-refractivity contribution in [3.8, 4) is 0 Å². The molecule has 0 aliphatic rings. The SMILES string of the molecule is Cc1ccccc1CN(C)C(=O)C(C)N.Cl. The van der Waals surface area contributed by atoms with Gasteiger partial charge in [-0.25, -0.2) is 0 Å². The molecule has 0 fully saturated rings. The van der Waals surface area contributed by atoms with E-state index in [0.29, 0.717) is 6.54 Å². The summed E-state index contributed by atoms with van der Waals surface area (Å²) in [6.45, 7) is 4.36. The molecule has 0 aromatic heterocycles. The number of halogens is 1. The second kappa shape index (κ2) is 6.51. The zero-order chi connectivity index (χ0) is 11.4. The Morgan fingerprint density at radius 3 is 2.50 bits per heavy atom. The number of benzene rings is 1. The molecule has 3 nitrogen and oxygen atoms in total. The molecule has 2 N–H and O–H groups in total. The van der Waals surface area contributed by atoms with Gasteiger partial charge in [0.15, 0.2) is 0 Å². The highest BCUT2D eigenvalue weighted by Crippen LogP contribution is 2.09. The first-order valence-electron chi connectivity index (χ1n) is 5.07. The van der Waals surface area contributed by atoms with Crippen molar-refractivity contribution < 1.29 is 4.79 Å². The van der Waals surface area contributed by atoms with E-state index in [1.165, 1.54) is 5.56 Å². The van der Waals surface area contributed by atoms with Gasteiger partial charge in [0.25, 0.3) is 0 Å². The van der Waals surface area contributed by atoms with E-state index in [2.05, 4.69) is 0 Å². The molecule has 0 radical (unpaired) electrons. The highest BCUT2D eigenvalue weighted by molar-refractivity contribution is 5.85. The standard InChI is InChI=1S/C12H18N2O.ClH/c1-9-6-4-5-7-11(9)8-14(3)12(15)10(2)13;/h4-7,10H,8,13H2,1-3H3;1H. The Balaban J connectivity index is 0.00000225. The summed E-state index contributed by atoms with van der Waals surface area (Å²) >= 11 is 0. The Bertz CT molecular complexity index is 353. The lowest BCUT2D eigenvalue weighted by Gasteiger charge is -2.20. The third kappa shape index (κ3) is 3.83. The van der Waals surface area contributed by atoms with E-state index in [0.717, 1.165) is 5.56 Å². The van der Waals surface area contributed by atoms with Gasteiger partial charge in [-0.1, -0.05) is 24.3 Å². The summed E-state index contributed by atoms with van der Waals surface area (Å²) in [5.41, 5.74) is 7.89. The highest BCUT2D eigenvalue weighted by atomic mass is 35.5. The van der Waals surface area contributed by atoms with Gasteiger partial charge in [-0.05, 0) is 25.0 Å². The van der Waals surface area contributed by atoms with E-state index < -0.39 is 6.04 Å². The average Bonchev–Trinajstić information content (AvgIpc) is 2.20. The molecule has 16 heavy (non-hydrogen) atoms. The van der Waals surface area contributed by atoms with E-state index in [1.807, 2.05) is 31.2 Å². The van der Waals surface area contributed by atoms with Crippen LogP contribution in [0.1, 0.15) is 18.1 Å². The van der Waals surface area contributed by atoms with Crippen molar-refractivity contribution >= 4 is 18.3 Å². The van der Waals surface area contributed by atoms with Crippen LogP contribution in [0, 0.1) is 6.92 Å². The number of amides is 1. The van der Waals surface area contributed by atoms with Gasteiger partial charge in [0, 0.05) is 13.6 Å². The van der Waals surface area contributed by atoms with Crippen LogP contribution in [0.25, 0.3) is 0 Å². The van der Waals surface area contributed by atoms with Crippen LogP contribution in [0.2, 0.25) is 0 Å². The molecule has 1 unspecified atom stereocenters. The first-order chi connectivity index (χ1) is 7.02. The van der Waals surface area contributed by atoms with Gasteiger partial charge in [-0.2, -0.15) is 0 Å². The number of nitrogens with zero attached hydrogens (tertiary/aromatic N) is 1. The fourth-order valence-corrected chi connectivity index (χ4v) is 1.47. The van der Waals surface area contributed by atoms with Crippen molar-refractivity contribution in [2.75, 3.05) is 7.05 Å². The molecule has 1 amide bonds. The minimum Gasteiger partial charge on any atom is -0.340 e. The lowest BCUT2D eigenvalue weighted by Crippen LogP contribution is -2.39. The van der Waals surface area contributed by atoms with Crippen molar-refractivity contribution in [2.24, 2.45) is 5.73 Å².